The van der Waals surface area contributed by atoms with Gasteiger partial charge in [0.2, 0.25) is 5.91 Å². The Labute approximate surface area is 136 Å². The second-order valence-corrected chi connectivity index (χ2v) is 5.96. The van der Waals surface area contributed by atoms with Crippen LogP contribution in [0, 0.1) is 13.8 Å². The van der Waals surface area contributed by atoms with E-state index in [-0.39, 0.29) is 5.91 Å². The van der Waals surface area contributed by atoms with Crippen molar-refractivity contribution in [2.75, 3.05) is 0 Å². The Kier molecular flexibility index (Phi) is 4.42. The van der Waals surface area contributed by atoms with Gasteiger partial charge in [-0.05, 0) is 43.5 Å². The quantitative estimate of drug-likeness (QED) is 0.787. The Morgan fingerprint density at radius 1 is 1.13 bits per heavy atom. The molecule has 118 valence electrons. The summed E-state index contributed by atoms with van der Waals surface area (Å²) in [6.45, 7) is 4.57. The number of aryl methyl sites for hydroxylation is 3. The molecule has 4 heteroatoms. The molecule has 0 radical (unpaired) electrons. The molecule has 0 aliphatic heterocycles. The molecule has 4 nitrogen and oxygen atoms in total. The zero-order valence-electron chi connectivity index (χ0n) is 13.5. The van der Waals surface area contributed by atoms with Gasteiger partial charge in [0.15, 0.2) is 0 Å². The number of carbonyl (C=O) groups excluding carboxylic acids is 1. The van der Waals surface area contributed by atoms with E-state index in [4.69, 9.17) is 0 Å². The summed E-state index contributed by atoms with van der Waals surface area (Å²) in [6.07, 6.45) is 5.20. The zero-order chi connectivity index (χ0) is 16.2. The number of imidazole rings is 1. The molecule has 3 rings (SSSR count). The van der Waals surface area contributed by atoms with Crippen LogP contribution in [0.1, 0.15) is 28.8 Å². The van der Waals surface area contributed by atoms with Crippen LogP contribution in [0.5, 0.6) is 0 Å². The maximum Gasteiger partial charge on any atom is 0.220 e. The summed E-state index contributed by atoms with van der Waals surface area (Å²) >= 11 is 0. The zero-order valence-corrected chi connectivity index (χ0v) is 13.5. The first-order valence-electron chi connectivity index (χ1n) is 7.86. The van der Waals surface area contributed by atoms with E-state index in [2.05, 4.69) is 41.5 Å². The van der Waals surface area contributed by atoms with Crippen LogP contribution in [0.2, 0.25) is 0 Å². The molecule has 1 aromatic carbocycles. The van der Waals surface area contributed by atoms with Gasteiger partial charge < -0.3 is 9.72 Å². The molecule has 1 amide bonds. The average molecular weight is 307 g/mol. The van der Waals surface area contributed by atoms with E-state index in [1.54, 1.807) is 0 Å². The van der Waals surface area contributed by atoms with Crippen molar-refractivity contribution >= 4 is 11.6 Å². The average Bonchev–Trinajstić information content (AvgIpc) is 2.94. The smallest absolute Gasteiger partial charge is 0.220 e. The van der Waals surface area contributed by atoms with Gasteiger partial charge >= 0.3 is 0 Å². The topological polar surface area (TPSA) is 46.4 Å². The molecule has 2 heterocycles. The fourth-order valence-corrected chi connectivity index (χ4v) is 2.51. The minimum Gasteiger partial charge on any atom is -0.350 e. The SMILES string of the molecule is Cc1ccc(CCC(=O)NCc2cn3ccc(C)cc3n2)cc1. The highest BCUT2D eigenvalue weighted by molar-refractivity contribution is 5.76. The van der Waals surface area contributed by atoms with Crippen LogP contribution < -0.4 is 5.32 Å². The first kappa shape index (κ1) is 15.3. The van der Waals surface area contributed by atoms with Crippen molar-refractivity contribution in [3.05, 3.63) is 71.2 Å². The van der Waals surface area contributed by atoms with Gasteiger partial charge in [0.25, 0.3) is 0 Å². The summed E-state index contributed by atoms with van der Waals surface area (Å²) in [5.41, 5.74) is 5.39. The lowest BCUT2D eigenvalue weighted by molar-refractivity contribution is -0.121. The summed E-state index contributed by atoms with van der Waals surface area (Å²) in [5, 5.41) is 2.94. The van der Waals surface area contributed by atoms with Crippen molar-refractivity contribution in [3.63, 3.8) is 0 Å². The number of benzene rings is 1. The minimum absolute atomic E-state index is 0.0545. The molecule has 0 saturated heterocycles. The van der Waals surface area contributed by atoms with Crippen LogP contribution in [0.15, 0.2) is 48.8 Å². The number of hydrogen-bond donors (Lipinski definition) is 1. The summed E-state index contributed by atoms with van der Waals surface area (Å²) in [7, 11) is 0. The number of rotatable bonds is 5. The van der Waals surface area contributed by atoms with Crippen molar-refractivity contribution < 1.29 is 4.79 Å². The normalized spacial score (nSPS) is 10.9. The fourth-order valence-electron chi connectivity index (χ4n) is 2.51. The van der Waals surface area contributed by atoms with Gasteiger partial charge in [0, 0.05) is 18.8 Å². The van der Waals surface area contributed by atoms with E-state index < -0.39 is 0 Å². The molecule has 23 heavy (non-hydrogen) atoms. The van der Waals surface area contributed by atoms with Crippen LogP contribution in [-0.2, 0) is 17.8 Å². The Balaban J connectivity index is 1.52. The molecule has 0 aliphatic rings. The highest BCUT2D eigenvalue weighted by Crippen LogP contribution is 2.08. The summed E-state index contributed by atoms with van der Waals surface area (Å²) in [6, 6.07) is 12.4. The first-order valence-corrected chi connectivity index (χ1v) is 7.86. The number of hydrogen-bond acceptors (Lipinski definition) is 2. The first-order chi connectivity index (χ1) is 11.1. The Morgan fingerprint density at radius 2 is 1.91 bits per heavy atom. The fraction of sp³-hybridized carbons (Fsp3) is 0.263. The second-order valence-electron chi connectivity index (χ2n) is 5.96. The molecule has 3 aromatic rings. The third-order valence-corrected chi connectivity index (χ3v) is 3.89. The van der Waals surface area contributed by atoms with E-state index in [0.29, 0.717) is 13.0 Å². The molecule has 0 saturated carbocycles. The van der Waals surface area contributed by atoms with Gasteiger partial charge in [0.05, 0.1) is 12.2 Å². The number of nitrogens with one attached hydrogen (secondary N) is 1. The van der Waals surface area contributed by atoms with E-state index in [1.165, 1.54) is 16.7 Å². The van der Waals surface area contributed by atoms with Gasteiger partial charge in [-0.2, -0.15) is 0 Å². The predicted molar refractivity (Wildman–Crippen MR) is 91.3 cm³/mol. The van der Waals surface area contributed by atoms with E-state index in [0.717, 1.165) is 17.8 Å². The predicted octanol–water partition coefficient (Wildman–Crippen LogP) is 3.20. The molecule has 0 aliphatic carbocycles. The summed E-state index contributed by atoms with van der Waals surface area (Å²) in [4.78, 5) is 16.5. The van der Waals surface area contributed by atoms with Crippen LogP contribution in [0.4, 0.5) is 0 Å². The summed E-state index contributed by atoms with van der Waals surface area (Å²) < 4.78 is 1.97. The number of pyridine rings is 1. The van der Waals surface area contributed by atoms with Crippen molar-refractivity contribution in [1.29, 1.82) is 0 Å². The lowest BCUT2D eigenvalue weighted by Crippen LogP contribution is -2.23. The monoisotopic (exact) mass is 307 g/mol. The molecule has 1 N–H and O–H groups in total. The van der Waals surface area contributed by atoms with Gasteiger partial charge in [-0.1, -0.05) is 29.8 Å². The van der Waals surface area contributed by atoms with Crippen molar-refractivity contribution in [2.45, 2.75) is 33.2 Å². The molecule has 0 atom stereocenters. The Hall–Kier alpha value is -2.62. The standard InChI is InChI=1S/C19H21N3O/c1-14-3-5-16(6-4-14)7-8-19(23)20-12-17-13-22-10-9-15(2)11-18(22)21-17/h3-6,9-11,13H,7-8,12H2,1-2H3,(H,20,23). The third kappa shape index (κ3) is 3.97. The van der Waals surface area contributed by atoms with Crippen LogP contribution in [0.25, 0.3) is 5.65 Å². The van der Waals surface area contributed by atoms with Gasteiger partial charge in [-0.15, -0.1) is 0 Å². The van der Waals surface area contributed by atoms with Gasteiger partial charge in [-0.25, -0.2) is 4.98 Å². The number of amides is 1. The molecule has 0 bridgehead atoms. The molecule has 2 aromatic heterocycles. The van der Waals surface area contributed by atoms with Crippen LogP contribution in [0.3, 0.4) is 0 Å². The third-order valence-electron chi connectivity index (χ3n) is 3.89. The number of fused-ring (bicyclic) bond motifs is 1. The van der Waals surface area contributed by atoms with Crippen molar-refractivity contribution in [2.24, 2.45) is 0 Å². The summed E-state index contributed by atoms with van der Waals surface area (Å²) in [5.74, 6) is 0.0545. The molecule has 0 fully saturated rings. The largest absolute Gasteiger partial charge is 0.350 e. The van der Waals surface area contributed by atoms with Crippen LogP contribution >= 0.6 is 0 Å². The molecular weight excluding hydrogens is 286 g/mol. The van der Waals surface area contributed by atoms with Gasteiger partial charge in [0.1, 0.15) is 5.65 Å². The van der Waals surface area contributed by atoms with Crippen molar-refractivity contribution in [1.82, 2.24) is 14.7 Å². The van der Waals surface area contributed by atoms with Crippen LogP contribution in [-0.4, -0.2) is 15.3 Å². The number of carbonyl (C=O) groups is 1. The number of nitrogens with zero attached hydrogens (tertiary/aromatic N) is 2. The molecule has 0 unspecified atom stereocenters. The Morgan fingerprint density at radius 3 is 2.70 bits per heavy atom. The maximum absolute atomic E-state index is 12.0. The highest BCUT2D eigenvalue weighted by Gasteiger charge is 2.05. The Bertz CT molecular complexity index is 818. The van der Waals surface area contributed by atoms with E-state index in [9.17, 15) is 4.79 Å². The molecular formula is C19H21N3O. The lowest BCUT2D eigenvalue weighted by Gasteiger charge is -2.04. The lowest BCUT2D eigenvalue weighted by atomic mass is 10.1. The van der Waals surface area contributed by atoms with E-state index in [1.807, 2.05) is 35.9 Å². The van der Waals surface area contributed by atoms with E-state index >= 15 is 0 Å². The minimum atomic E-state index is 0.0545. The second kappa shape index (κ2) is 6.65. The maximum atomic E-state index is 12.0. The number of aromatic nitrogens is 2. The van der Waals surface area contributed by atoms with Gasteiger partial charge in [-0.3, -0.25) is 4.79 Å². The highest BCUT2D eigenvalue weighted by atomic mass is 16.1. The van der Waals surface area contributed by atoms with Crippen molar-refractivity contribution in [3.8, 4) is 0 Å². The molecule has 0 spiro atoms.